The van der Waals surface area contributed by atoms with Gasteiger partial charge in [0.15, 0.2) is 0 Å². The lowest BCUT2D eigenvalue weighted by Gasteiger charge is -2.20. The first kappa shape index (κ1) is 15.6. The largest absolute Gasteiger partial charge is 0.481 e. The molecular formula is C17H24N2O2. The van der Waals surface area contributed by atoms with Gasteiger partial charge in [-0.1, -0.05) is 32.0 Å². The van der Waals surface area contributed by atoms with Gasteiger partial charge in [0.05, 0.1) is 5.41 Å². The molecule has 0 unspecified atom stereocenters. The summed E-state index contributed by atoms with van der Waals surface area (Å²) in [6, 6.07) is 8.58. The van der Waals surface area contributed by atoms with Gasteiger partial charge < -0.3 is 15.0 Å². The predicted molar refractivity (Wildman–Crippen MR) is 85.3 cm³/mol. The van der Waals surface area contributed by atoms with Crippen LogP contribution >= 0.6 is 0 Å². The first-order valence-electron chi connectivity index (χ1n) is 7.35. The molecule has 1 heterocycles. The Morgan fingerprint density at radius 1 is 1.33 bits per heavy atom. The quantitative estimate of drug-likeness (QED) is 0.858. The van der Waals surface area contributed by atoms with E-state index in [1.165, 1.54) is 10.9 Å². The standard InChI is InChI=1S/C17H24N2O2/c1-12(2)18-9-13-10-19(11-17(3,4)16(20)21)15-8-6-5-7-14(13)15/h5-8,10,12,18H,9,11H2,1-4H3,(H,20,21). The van der Waals surface area contributed by atoms with Crippen molar-refractivity contribution in [3.63, 3.8) is 0 Å². The van der Waals surface area contributed by atoms with Gasteiger partial charge in [-0.15, -0.1) is 0 Å². The molecule has 1 aromatic heterocycles. The van der Waals surface area contributed by atoms with Gasteiger partial charge in [0.1, 0.15) is 0 Å². The minimum Gasteiger partial charge on any atom is -0.481 e. The molecule has 0 atom stereocenters. The van der Waals surface area contributed by atoms with E-state index in [1.54, 1.807) is 13.8 Å². The van der Waals surface area contributed by atoms with Crippen LogP contribution in [0.25, 0.3) is 10.9 Å². The van der Waals surface area contributed by atoms with Crippen molar-refractivity contribution in [1.82, 2.24) is 9.88 Å². The Labute approximate surface area is 125 Å². The highest BCUT2D eigenvalue weighted by atomic mass is 16.4. The molecule has 2 rings (SSSR count). The smallest absolute Gasteiger partial charge is 0.310 e. The fraction of sp³-hybridized carbons (Fsp3) is 0.471. The summed E-state index contributed by atoms with van der Waals surface area (Å²) < 4.78 is 2.06. The molecule has 1 aromatic carbocycles. The molecule has 0 spiro atoms. The number of hydrogen-bond acceptors (Lipinski definition) is 2. The third-order valence-electron chi connectivity index (χ3n) is 3.72. The third kappa shape index (κ3) is 3.45. The molecule has 4 nitrogen and oxygen atoms in total. The van der Waals surface area contributed by atoms with Crippen molar-refractivity contribution in [3.05, 3.63) is 36.0 Å². The predicted octanol–water partition coefficient (Wildman–Crippen LogP) is 3.25. The van der Waals surface area contributed by atoms with Crippen molar-refractivity contribution < 1.29 is 9.90 Å². The van der Waals surface area contributed by atoms with Gasteiger partial charge in [0, 0.05) is 36.2 Å². The number of carbonyl (C=O) groups is 1. The van der Waals surface area contributed by atoms with Crippen LogP contribution in [0.15, 0.2) is 30.5 Å². The van der Waals surface area contributed by atoms with Crippen LogP contribution in [0.2, 0.25) is 0 Å². The molecule has 114 valence electrons. The summed E-state index contributed by atoms with van der Waals surface area (Å²) in [7, 11) is 0. The van der Waals surface area contributed by atoms with Crippen LogP contribution < -0.4 is 5.32 Å². The van der Waals surface area contributed by atoms with Gasteiger partial charge in [-0.25, -0.2) is 0 Å². The van der Waals surface area contributed by atoms with Crippen molar-refractivity contribution in [3.8, 4) is 0 Å². The van der Waals surface area contributed by atoms with Crippen LogP contribution in [0.1, 0.15) is 33.3 Å². The second-order valence-corrected chi connectivity index (χ2v) is 6.52. The number of rotatable bonds is 6. The molecule has 0 amide bonds. The van der Waals surface area contributed by atoms with E-state index < -0.39 is 11.4 Å². The van der Waals surface area contributed by atoms with Crippen LogP contribution in [0, 0.1) is 5.41 Å². The topological polar surface area (TPSA) is 54.3 Å². The van der Waals surface area contributed by atoms with Gasteiger partial charge in [-0.05, 0) is 25.5 Å². The lowest BCUT2D eigenvalue weighted by molar-refractivity contribution is -0.147. The van der Waals surface area contributed by atoms with E-state index in [9.17, 15) is 9.90 Å². The van der Waals surface area contributed by atoms with Crippen LogP contribution in [-0.4, -0.2) is 21.7 Å². The summed E-state index contributed by atoms with van der Waals surface area (Å²) in [5.41, 5.74) is 1.51. The van der Waals surface area contributed by atoms with E-state index >= 15 is 0 Å². The van der Waals surface area contributed by atoms with Gasteiger partial charge >= 0.3 is 5.97 Å². The number of carboxylic acids is 1. The number of hydrogen-bond donors (Lipinski definition) is 2. The molecule has 21 heavy (non-hydrogen) atoms. The molecular weight excluding hydrogens is 264 g/mol. The van der Waals surface area contributed by atoms with E-state index in [-0.39, 0.29) is 0 Å². The molecule has 0 aliphatic heterocycles. The van der Waals surface area contributed by atoms with E-state index in [2.05, 4.69) is 36.0 Å². The highest BCUT2D eigenvalue weighted by Gasteiger charge is 2.28. The fourth-order valence-electron chi connectivity index (χ4n) is 2.40. The number of fused-ring (bicyclic) bond motifs is 1. The van der Waals surface area contributed by atoms with Gasteiger partial charge in [0.25, 0.3) is 0 Å². The number of nitrogens with zero attached hydrogens (tertiary/aromatic N) is 1. The van der Waals surface area contributed by atoms with Crippen molar-refractivity contribution in [2.24, 2.45) is 5.41 Å². The number of aromatic nitrogens is 1. The zero-order chi connectivity index (χ0) is 15.6. The molecule has 2 N–H and O–H groups in total. The van der Waals surface area contributed by atoms with Crippen molar-refractivity contribution >= 4 is 16.9 Å². The molecule has 0 fully saturated rings. The Bertz CT molecular complexity index is 641. The number of nitrogens with one attached hydrogen (secondary N) is 1. The maximum Gasteiger partial charge on any atom is 0.310 e. The highest BCUT2D eigenvalue weighted by molar-refractivity contribution is 5.84. The zero-order valence-corrected chi connectivity index (χ0v) is 13.2. The average molecular weight is 288 g/mol. The number of para-hydroxylation sites is 1. The Balaban J connectivity index is 2.38. The number of aliphatic carboxylic acids is 1. The SMILES string of the molecule is CC(C)NCc1cn(CC(C)(C)C(=O)O)c2ccccc12. The average Bonchev–Trinajstić information content (AvgIpc) is 2.74. The van der Waals surface area contributed by atoms with Crippen LogP contribution in [-0.2, 0) is 17.9 Å². The van der Waals surface area contributed by atoms with E-state index in [4.69, 9.17) is 0 Å². The van der Waals surface area contributed by atoms with Crippen molar-refractivity contribution in [2.75, 3.05) is 0 Å². The molecule has 0 saturated heterocycles. The lowest BCUT2D eigenvalue weighted by atomic mass is 9.94. The highest BCUT2D eigenvalue weighted by Crippen LogP contribution is 2.26. The van der Waals surface area contributed by atoms with Crippen LogP contribution in [0.4, 0.5) is 0 Å². The van der Waals surface area contributed by atoms with E-state index in [0.29, 0.717) is 12.6 Å². The van der Waals surface area contributed by atoms with Crippen LogP contribution in [0.3, 0.4) is 0 Å². The van der Waals surface area contributed by atoms with E-state index in [1.807, 2.05) is 18.2 Å². The summed E-state index contributed by atoms with van der Waals surface area (Å²) in [4.78, 5) is 11.4. The minimum atomic E-state index is -0.787. The molecule has 0 bridgehead atoms. The molecule has 2 aromatic rings. The normalized spacial score (nSPS) is 12.2. The summed E-state index contributed by atoms with van der Waals surface area (Å²) in [5.74, 6) is -0.776. The minimum absolute atomic E-state index is 0.419. The third-order valence-corrected chi connectivity index (χ3v) is 3.72. The molecule has 0 saturated carbocycles. The summed E-state index contributed by atoms with van der Waals surface area (Å²) >= 11 is 0. The molecule has 0 aliphatic carbocycles. The molecule has 0 aliphatic rings. The summed E-state index contributed by atoms with van der Waals surface area (Å²) in [6.45, 7) is 9.01. The van der Waals surface area contributed by atoms with E-state index in [0.717, 1.165) is 12.1 Å². The monoisotopic (exact) mass is 288 g/mol. The zero-order valence-electron chi connectivity index (χ0n) is 13.2. The Morgan fingerprint density at radius 2 is 2.00 bits per heavy atom. The number of carboxylic acid groups (broad SMARTS) is 1. The maximum absolute atomic E-state index is 11.4. The second kappa shape index (κ2) is 5.90. The first-order chi connectivity index (χ1) is 9.81. The fourth-order valence-corrected chi connectivity index (χ4v) is 2.40. The van der Waals surface area contributed by atoms with Gasteiger partial charge in [-0.3, -0.25) is 4.79 Å². The second-order valence-electron chi connectivity index (χ2n) is 6.52. The van der Waals surface area contributed by atoms with Gasteiger partial charge in [0.2, 0.25) is 0 Å². The summed E-state index contributed by atoms with van der Waals surface area (Å²) in [6.07, 6.45) is 2.07. The number of benzene rings is 1. The maximum atomic E-state index is 11.4. The van der Waals surface area contributed by atoms with Crippen molar-refractivity contribution in [2.45, 2.75) is 46.8 Å². The summed E-state index contributed by atoms with van der Waals surface area (Å²) in [5, 5.41) is 13.9. The molecule has 0 radical (unpaired) electrons. The molecule has 4 heteroatoms. The Hall–Kier alpha value is -1.81. The first-order valence-corrected chi connectivity index (χ1v) is 7.35. The van der Waals surface area contributed by atoms with Gasteiger partial charge in [-0.2, -0.15) is 0 Å². The van der Waals surface area contributed by atoms with Crippen molar-refractivity contribution in [1.29, 1.82) is 0 Å². The Kier molecular flexibility index (Phi) is 4.37. The Morgan fingerprint density at radius 3 is 2.62 bits per heavy atom. The van der Waals surface area contributed by atoms with Crippen LogP contribution in [0.5, 0.6) is 0 Å². The lowest BCUT2D eigenvalue weighted by Crippen LogP contribution is -2.28.